The summed E-state index contributed by atoms with van der Waals surface area (Å²) in [5.41, 5.74) is 10.8. The summed E-state index contributed by atoms with van der Waals surface area (Å²) in [5.74, 6) is 0.0249. The first-order chi connectivity index (χ1) is 23.0. The van der Waals surface area contributed by atoms with Crippen molar-refractivity contribution in [2.75, 3.05) is 26.3 Å². The van der Waals surface area contributed by atoms with E-state index in [1.165, 1.54) is 154 Å². The fourth-order valence-corrected chi connectivity index (χ4v) is 6.94. The molecule has 0 aliphatic rings. The third kappa shape index (κ3) is 37.5. The molecule has 0 unspecified atom stereocenters. The summed E-state index contributed by atoms with van der Waals surface area (Å²) < 4.78 is 24.9. The standard InChI is InChI=1S/C39H79N4O3P/c1-3-5-7-9-11-13-15-17-19-21-23-25-27-29-31-33-37-45-47(44,43-36-35-42-39(40)41)46-38-34-32-30-28-26-24-22-20-18-16-14-12-10-8-6-4-2/h17-20H,3-16,21-38H2,1-2H3,(H,43,44)(H4,40,41,42)/b19-17-,20-18-. The van der Waals surface area contributed by atoms with Crippen molar-refractivity contribution in [3.63, 3.8) is 0 Å². The van der Waals surface area contributed by atoms with Crippen LogP contribution < -0.4 is 16.6 Å². The predicted molar refractivity (Wildman–Crippen MR) is 207 cm³/mol. The molecule has 278 valence electrons. The molecule has 8 heteroatoms. The maximum Gasteiger partial charge on any atom is 0.405 e. The number of rotatable bonds is 38. The van der Waals surface area contributed by atoms with Crippen molar-refractivity contribution in [3.05, 3.63) is 24.3 Å². The number of unbranched alkanes of at least 4 members (excludes halogenated alkanes) is 24. The van der Waals surface area contributed by atoms with Crippen LogP contribution in [-0.2, 0) is 13.6 Å². The van der Waals surface area contributed by atoms with E-state index in [0.29, 0.717) is 26.3 Å². The molecule has 0 radical (unpaired) electrons. The Morgan fingerprint density at radius 2 is 0.851 bits per heavy atom. The van der Waals surface area contributed by atoms with Crippen LogP contribution in [0, 0.1) is 0 Å². The maximum absolute atomic E-state index is 13.3. The Bertz CT molecular complexity index is 723. The minimum atomic E-state index is -3.38. The number of aliphatic imine (C=N–C) groups is 1. The van der Waals surface area contributed by atoms with Crippen molar-refractivity contribution in [3.8, 4) is 0 Å². The fourth-order valence-electron chi connectivity index (χ4n) is 5.57. The molecule has 47 heavy (non-hydrogen) atoms. The Kier molecular flexibility index (Phi) is 36.8. The van der Waals surface area contributed by atoms with Crippen LogP contribution >= 0.6 is 7.75 Å². The van der Waals surface area contributed by atoms with Gasteiger partial charge in [0.15, 0.2) is 5.96 Å². The summed E-state index contributed by atoms with van der Waals surface area (Å²) in [6, 6.07) is 0. The average Bonchev–Trinajstić information content (AvgIpc) is 3.06. The van der Waals surface area contributed by atoms with Crippen LogP contribution in [0.2, 0.25) is 0 Å². The Hall–Kier alpha value is -1.14. The lowest BCUT2D eigenvalue weighted by atomic mass is 10.1. The molecular weight excluding hydrogens is 603 g/mol. The van der Waals surface area contributed by atoms with Crippen LogP contribution in [0.15, 0.2) is 29.3 Å². The van der Waals surface area contributed by atoms with Gasteiger partial charge < -0.3 is 11.5 Å². The van der Waals surface area contributed by atoms with E-state index in [1.54, 1.807) is 0 Å². The van der Waals surface area contributed by atoms with Gasteiger partial charge in [0, 0.05) is 6.54 Å². The maximum atomic E-state index is 13.3. The second kappa shape index (κ2) is 37.7. The SMILES string of the molecule is CCCCCCCC/C=C\CCCCCCCCOP(=O)(NCCN=C(N)N)OCCCCCCCC/C=C\CCCCCCCC. The van der Waals surface area contributed by atoms with Gasteiger partial charge >= 0.3 is 7.75 Å². The smallest absolute Gasteiger partial charge is 0.370 e. The normalized spacial score (nSPS) is 12.1. The van der Waals surface area contributed by atoms with Crippen molar-refractivity contribution in [1.29, 1.82) is 0 Å². The molecule has 0 amide bonds. The van der Waals surface area contributed by atoms with Crippen LogP contribution in [-0.4, -0.2) is 32.3 Å². The van der Waals surface area contributed by atoms with Gasteiger partial charge in [0.05, 0.1) is 19.8 Å². The topological polar surface area (TPSA) is 112 Å². The summed E-state index contributed by atoms with van der Waals surface area (Å²) in [5, 5.41) is 2.94. The summed E-state index contributed by atoms with van der Waals surface area (Å²) >= 11 is 0. The molecule has 0 fully saturated rings. The summed E-state index contributed by atoms with van der Waals surface area (Å²) in [6.07, 6.45) is 44.6. The molecule has 0 aromatic rings. The molecule has 0 atom stereocenters. The molecule has 0 aromatic heterocycles. The van der Waals surface area contributed by atoms with Gasteiger partial charge in [-0.2, -0.15) is 0 Å². The summed E-state index contributed by atoms with van der Waals surface area (Å²) in [6.45, 7) is 6.08. The van der Waals surface area contributed by atoms with Crippen LogP contribution in [0.5, 0.6) is 0 Å². The Balaban J connectivity index is 3.91. The van der Waals surface area contributed by atoms with Gasteiger partial charge in [0.1, 0.15) is 0 Å². The van der Waals surface area contributed by atoms with Gasteiger partial charge in [-0.1, -0.05) is 154 Å². The number of guanidine groups is 1. The Morgan fingerprint density at radius 1 is 0.532 bits per heavy atom. The van der Waals surface area contributed by atoms with Gasteiger partial charge in [0.2, 0.25) is 0 Å². The molecule has 0 aromatic carbocycles. The Morgan fingerprint density at radius 3 is 1.19 bits per heavy atom. The van der Waals surface area contributed by atoms with E-state index < -0.39 is 7.75 Å². The first-order valence-corrected chi connectivity index (χ1v) is 21.6. The number of nitrogens with one attached hydrogen (secondary N) is 1. The molecule has 0 rings (SSSR count). The van der Waals surface area contributed by atoms with Crippen LogP contribution in [0.25, 0.3) is 0 Å². The molecule has 0 spiro atoms. The van der Waals surface area contributed by atoms with Gasteiger partial charge in [-0.15, -0.1) is 0 Å². The number of nitrogens with zero attached hydrogens (tertiary/aromatic N) is 1. The van der Waals surface area contributed by atoms with Gasteiger partial charge in [-0.25, -0.2) is 9.65 Å². The van der Waals surface area contributed by atoms with E-state index in [2.05, 4.69) is 48.2 Å². The second-order valence-corrected chi connectivity index (χ2v) is 15.1. The van der Waals surface area contributed by atoms with Gasteiger partial charge in [0.25, 0.3) is 0 Å². The minimum absolute atomic E-state index is 0.0249. The molecule has 0 saturated carbocycles. The zero-order chi connectivity index (χ0) is 34.4. The van der Waals surface area contributed by atoms with Crippen molar-refractivity contribution < 1.29 is 13.6 Å². The quantitative estimate of drug-likeness (QED) is 0.0196. The molecule has 0 aliphatic heterocycles. The molecule has 5 N–H and O–H groups in total. The molecule has 0 saturated heterocycles. The van der Waals surface area contributed by atoms with Crippen molar-refractivity contribution >= 4 is 13.7 Å². The highest BCUT2D eigenvalue weighted by atomic mass is 31.2. The monoisotopic (exact) mass is 683 g/mol. The first kappa shape index (κ1) is 45.9. The highest BCUT2D eigenvalue weighted by molar-refractivity contribution is 7.51. The number of hydrogen-bond donors (Lipinski definition) is 3. The van der Waals surface area contributed by atoms with E-state index in [0.717, 1.165) is 25.7 Å². The predicted octanol–water partition coefficient (Wildman–Crippen LogP) is 12.1. The summed E-state index contributed by atoms with van der Waals surface area (Å²) in [4.78, 5) is 3.96. The minimum Gasteiger partial charge on any atom is -0.370 e. The lowest BCUT2D eigenvalue weighted by Crippen LogP contribution is -2.25. The van der Waals surface area contributed by atoms with Gasteiger partial charge in [-0.3, -0.25) is 14.0 Å². The van der Waals surface area contributed by atoms with Crippen LogP contribution in [0.3, 0.4) is 0 Å². The molecule has 7 nitrogen and oxygen atoms in total. The highest BCUT2D eigenvalue weighted by Gasteiger charge is 2.23. The van der Waals surface area contributed by atoms with E-state index in [4.69, 9.17) is 20.5 Å². The average molecular weight is 683 g/mol. The molecule has 0 aliphatic carbocycles. The highest BCUT2D eigenvalue weighted by Crippen LogP contribution is 2.43. The van der Waals surface area contributed by atoms with E-state index in [1.807, 2.05) is 0 Å². The fraction of sp³-hybridized carbons (Fsp3) is 0.872. The Labute approximate surface area is 292 Å². The lowest BCUT2D eigenvalue weighted by molar-refractivity contribution is 0.189. The van der Waals surface area contributed by atoms with Crippen molar-refractivity contribution in [1.82, 2.24) is 5.09 Å². The third-order valence-electron chi connectivity index (χ3n) is 8.55. The number of allylic oxidation sites excluding steroid dienone is 4. The molecule has 0 bridgehead atoms. The largest absolute Gasteiger partial charge is 0.405 e. The van der Waals surface area contributed by atoms with Crippen LogP contribution in [0.4, 0.5) is 0 Å². The molecule has 0 heterocycles. The van der Waals surface area contributed by atoms with Gasteiger partial charge in [-0.05, 0) is 64.2 Å². The first-order valence-electron chi connectivity index (χ1n) is 20.0. The van der Waals surface area contributed by atoms with Crippen molar-refractivity contribution in [2.45, 2.75) is 194 Å². The van der Waals surface area contributed by atoms with E-state index >= 15 is 0 Å². The molecular formula is C39H79N4O3P. The third-order valence-corrected chi connectivity index (χ3v) is 10.2. The lowest BCUT2D eigenvalue weighted by Gasteiger charge is -2.19. The zero-order valence-corrected chi connectivity index (χ0v) is 32.1. The summed E-state index contributed by atoms with van der Waals surface area (Å²) in [7, 11) is -3.38. The van der Waals surface area contributed by atoms with Crippen molar-refractivity contribution in [2.24, 2.45) is 16.5 Å². The zero-order valence-electron chi connectivity index (χ0n) is 31.2. The van der Waals surface area contributed by atoms with E-state index in [9.17, 15) is 4.57 Å². The van der Waals surface area contributed by atoms with E-state index in [-0.39, 0.29) is 5.96 Å². The van der Waals surface area contributed by atoms with Crippen LogP contribution in [0.1, 0.15) is 194 Å². The number of hydrogen-bond acceptors (Lipinski definition) is 4. The second-order valence-electron chi connectivity index (χ2n) is 13.3. The number of nitrogens with two attached hydrogens (primary N) is 2.